The fourth-order valence-corrected chi connectivity index (χ4v) is 2.13. The van der Waals surface area contributed by atoms with Crippen LogP contribution < -0.4 is 0 Å². The molecule has 0 radical (unpaired) electrons. The van der Waals surface area contributed by atoms with Gasteiger partial charge >= 0.3 is 0 Å². The Labute approximate surface area is 120 Å². The van der Waals surface area contributed by atoms with Gasteiger partial charge in [-0.15, -0.1) is 0 Å². The summed E-state index contributed by atoms with van der Waals surface area (Å²) in [4.78, 5) is 0. The van der Waals surface area contributed by atoms with Crippen molar-refractivity contribution in [1.82, 2.24) is 0 Å². The molecule has 4 aromatic rings. The number of halogens is 1. The van der Waals surface area contributed by atoms with E-state index in [0.29, 0.717) is 0 Å². The van der Waals surface area contributed by atoms with Crippen LogP contribution in [-0.4, -0.2) is 0 Å². The third kappa shape index (κ3) is 1.28. The minimum absolute atomic E-state index is 0.0183. The van der Waals surface area contributed by atoms with Crippen molar-refractivity contribution in [3.8, 4) is 0 Å². The van der Waals surface area contributed by atoms with Crippen LogP contribution in [0.4, 0.5) is 0 Å². The number of rotatable bonds is 0. The summed E-state index contributed by atoms with van der Waals surface area (Å²) < 4.78 is 70.2. The van der Waals surface area contributed by atoms with Gasteiger partial charge in [0.15, 0.2) is 0 Å². The highest BCUT2D eigenvalue weighted by Gasteiger charge is 2.09. The van der Waals surface area contributed by atoms with Gasteiger partial charge in [-0.2, -0.15) is 0 Å². The van der Waals surface area contributed by atoms with Gasteiger partial charge in [0.2, 0.25) is 0 Å². The number of fused-ring (bicyclic) bond motifs is 5. The molecule has 0 amide bonds. The van der Waals surface area contributed by atoms with E-state index < -0.39 is 6.04 Å². The summed E-state index contributed by atoms with van der Waals surface area (Å²) in [6.07, 6.45) is 0. The van der Waals surface area contributed by atoms with E-state index in [4.69, 9.17) is 27.0 Å². The van der Waals surface area contributed by atoms with Gasteiger partial charge in [0.25, 0.3) is 0 Å². The highest BCUT2D eigenvalue weighted by Crippen LogP contribution is 2.35. The highest BCUT2D eigenvalue weighted by molar-refractivity contribution is 6.32. The molecule has 1 aromatic heterocycles. The van der Waals surface area contributed by atoms with Crippen LogP contribution in [0.15, 0.2) is 58.8 Å². The number of hydrogen-bond acceptors (Lipinski definition) is 1. The first-order chi connectivity index (χ1) is 12.2. The molecule has 0 atom stereocenters. The minimum atomic E-state index is -0.397. The average Bonchev–Trinajstić information content (AvgIpc) is 2.98. The lowest BCUT2D eigenvalue weighted by Crippen LogP contribution is -1.74. The average molecular weight is 261 g/mol. The second-order valence-electron chi connectivity index (χ2n) is 3.77. The number of benzene rings is 3. The van der Waals surface area contributed by atoms with E-state index in [0.717, 1.165) is 0 Å². The Morgan fingerprint density at radius 1 is 0.944 bits per heavy atom. The van der Waals surface area contributed by atoms with Crippen molar-refractivity contribution >= 4 is 44.3 Å². The van der Waals surface area contributed by atoms with E-state index in [1.54, 1.807) is 0 Å². The Balaban J connectivity index is 2.48. The maximum absolute atomic E-state index is 8.27. The maximum atomic E-state index is 8.27. The Hall–Kier alpha value is -1.99. The maximum Gasteiger partial charge on any atom is 0.136 e. The second kappa shape index (κ2) is 3.50. The molecule has 0 aliphatic heterocycles. The normalized spacial score (nSPS) is 17.8. The summed E-state index contributed by atoms with van der Waals surface area (Å²) in [6, 6.07) is -1.42. The molecule has 0 spiro atoms. The molecule has 0 N–H and O–H groups in total. The summed E-state index contributed by atoms with van der Waals surface area (Å²) in [5, 5.41) is -0.0996. The van der Waals surface area contributed by atoms with E-state index in [1.165, 1.54) is 6.07 Å². The highest BCUT2D eigenvalue weighted by atomic mass is 35.5. The monoisotopic (exact) mass is 260 g/mol. The lowest BCUT2D eigenvalue weighted by molar-refractivity contribution is 0.669. The van der Waals surface area contributed by atoms with Crippen molar-refractivity contribution in [3.63, 3.8) is 0 Å². The van der Waals surface area contributed by atoms with E-state index in [1.807, 2.05) is 0 Å². The molecular weight excluding hydrogens is 244 g/mol. The predicted molar refractivity (Wildman–Crippen MR) is 76.2 cm³/mol. The Morgan fingerprint density at radius 3 is 2.83 bits per heavy atom. The first-order valence-electron chi connectivity index (χ1n) is 9.17. The van der Waals surface area contributed by atoms with Crippen LogP contribution in [0.25, 0.3) is 32.7 Å². The molecule has 0 saturated carbocycles. The zero-order valence-electron chi connectivity index (χ0n) is 16.9. The first kappa shape index (κ1) is 4.94. The number of hydrogen-bond donors (Lipinski definition) is 0. The summed E-state index contributed by atoms with van der Waals surface area (Å²) in [6.45, 7) is 0. The molecule has 3 aromatic carbocycles. The van der Waals surface area contributed by atoms with Gasteiger partial charge in [-0.1, -0.05) is 41.8 Å². The third-order valence-electron chi connectivity index (χ3n) is 2.73. The fourth-order valence-electron chi connectivity index (χ4n) is 1.99. The Morgan fingerprint density at radius 2 is 1.89 bits per heavy atom. The molecule has 1 heterocycles. The SMILES string of the molecule is [2H]c1cc2oc3c([2H])c([2H])c4c([2H])c(Cl)c([2H])c([2H])c4c3c2c([2H])c1[2H]. The van der Waals surface area contributed by atoms with Gasteiger partial charge in [0.1, 0.15) is 11.2 Å². The van der Waals surface area contributed by atoms with Crippen molar-refractivity contribution in [3.05, 3.63) is 59.4 Å². The smallest absolute Gasteiger partial charge is 0.136 e. The largest absolute Gasteiger partial charge is 0.456 e. The van der Waals surface area contributed by atoms with Gasteiger partial charge in [-0.05, 0) is 35.0 Å². The van der Waals surface area contributed by atoms with Crippen LogP contribution >= 0.6 is 11.6 Å². The van der Waals surface area contributed by atoms with Crippen LogP contribution in [0, 0.1) is 0 Å². The Bertz CT molecular complexity index is 1280. The Kier molecular flexibility index (Phi) is 0.962. The third-order valence-corrected chi connectivity index (χ3v) is 2.92. The quantitative estimate of drug-likeness (QED) is 0.413. The van der Waals surface area contributed by atoms with E-state index >= 15 is 0 Å². The predicted octanol–water partition coefficient (Wildman–Crippen LogP) is 5.39. The molecule has 2 heteroatoms. The summed E-state index contributed by atoms with van der Waals surface area (Å²) in [7, 11) is 0. The molecule has 0 bridgehead atoms. The molecular formula is C16H9ClO. The zero-order chi connectivity index (χ0) is 19.1. The standard InChI is InChI=1S/C16H9ClO/c17-11-6-7-12-10(9-11)5-8-15-16(12)13-3-1-2-4-14(13)18-15/h1-9H/i1D,2D,3D,5D,6D,7D,8D,9D. The fraction of sp³-hybridized carbons (Fsp3) is 0. The van der Waals surface area contributed by atoms with Gasteiger partial charge in [-0.25, -0.2) is 0 Å². The summed E-state index contributed by atoms with van der Waals surface area (Å²) >= 11 is 5.95. The molecule has 0 aliphatic rings. The van der Waals surface area contributed by atoms with E-state index in [2.05, 4.69) is 0 Å². The van der Waals surface area contributed by atoms with Crippen molar-refractivity contribution in [2.24, 2.45) is 0 Å². The van der Waals surface area contributed by atoms with Crippen LogP contribution in [0.3, 0.4) is 0 Å². The zero-order valence-corrected chi connectivity index (χ0v) is 9.62. The summed E-state index contributed by atoms with van der Waals surface area (Å²) in [5.74, 6) is 0. The number of para-hydroxylation sites is 1. The molecule has 0 fully saturated rings. The van der Waals surface area contributed by atoms with Crippen molar-refractivity contribution in [2.45, 2.75) is 0 Å². The van der Waals surface area contributed by atoms with E-state index in [9.17, 15) is 0 Å². The number of furan rings is 1. The molecule has 4 rings (SSSR count). The van der Waals surface area contributed by atoms with E-state index in [-0.39, 0.29) is 80.0 Å². The van der Waals surface area contributed by atoms with Gasteiger partial charge in [0, 0.05) is 15.8 Å². The molecule has 86 valence electrons. The summed E-state index contributed by atoms with van der Waals surface area (Å²) in [5.41, 5.74) is 0.00411. The topological polar surface area (TPSA) is 13.1 Å². The minimum Gasteiger partial charge on any atom is -0.456 e. The van der Waals surface area contributed by atoms with Crippen molar-refractivity contribution in [2.75, 3.05) is 0 Å². The van der Waals surface area contributed by atoms with Crippen molar-refractivity contribution in [1.29, 1.82) is 0 Å². The lowest BCUT2D eigenvalue weighted by atomic mass is 10.0. The molecule has 0 unspecified atom stereocenters. The lowest BCUT2D eigenvalue weighted by Gasteiger charge is -2.00. The second-order valence-corrected chi connectivity index (χ2v) is 4.15. The van der Waals surface area contributed by atoms with Crippen molar-refractivity contribution < 1.29 is 15.4 Å². The van der Waals surface area contributed by atoms with Gasteiger partial charge in [-0.3, -0.25) is 0 Å². The van der Waals surface area contributed by atoms with Gasteiger partial charge < -0.3 is 4.42 Å². The van der Waals surface area contributed by atoms with Gasteiger partial charge in [0.05, 0.1) is 11.0 Å². The first-order valence-corrected chi connectivity index (χ1v) is 5.55. The molecule has 18 heavy (non-hydrogen) atoms. The molecule has 1 nitrogen and oxygen atoms in total. The molecule has 0 saturated heterocycles. The van der Waals surface area contributed by atoms with Crippen LogP contribution in [-0.2, 0) is 0 Å². The van der Waals surface area contributed by atoms with Crippen LogP contribution in [0.2, 0.25) is 5.02 Å². The van der Waals surface area contributed by atoms with Crippen LogP contribution in [0.5, 0.6) is 0 Å². The molecule has 0 aliphatic carbocycles. The van der Waals surface area contributed by atoms with Crippen LogP contribution in [0.1, 0.15) is 11.0 Å².